The van der Waals surface area contributed by atoms with E-state index < -0.39 is 0 Å². The molecular weight excluding hydrogens is 412 g/mol. The van der Waals surface area contributed by atoms with Crippen molar-refractivity contribution in [1.29, 1.82) is 0 Å². The lowest BCUT2D eigenvalue weighted by molar-refractivity contribution is 0.0945. The van der Waals surface area contributed by atoms with Gasteiger partial charge in [-0.15, -0.1) is 11.8 Å². The Labute approximate surface area is 186 Å². The molecule has 7 heteroatoms. The number of benzene rings is 2. The number of rotatable bonds is 7. The molecule has 0 unspecified atom stereocenters. The quantitative estimate of drug-likeness (QED) is 0.556. The van der Waals surface area contributed by atoms with Crippen molar-refractivity contribution in [3.8, 4) is 0 Å². The Morgan fingerprint density at radius 3 is 2.70 bits per heavy atom. The van der Waals surface area contributed by atoms with Crippen molar-refractivity contribution in [1.82, 2.24) is 15.2 Å². The number of nitrogens with one attached hydrogen (secondary N) is 1. The number of anilines is 1. The van der Waals surface area contributed by atoms with Gasteiger partial charge in [0, 0.05) is 44.2 Å². The highest BCUT2D eigenvalue weighted by Crippen LogP contribution is 2.31. The van der Waals surface area contributed by atoms with Gasteiger partial charge in [0.1, 0.15) is 0 Å². The molecule has 1 saturated heterocycles. The zero-order valence-electron chi connectivity index (χ0n) is 17.6. The van der Waals surface area contributed by atoms with Crippen LogP contribution >= 0.6 is 23.1 Å². The van der Waals surface area contributed by atoms with E-state index in [9.17, 15) is 4.79 Å². The Morgan fingerprint density at radius 2 is 1.93 bits per heavy atom. The number of thiazole rings is 1. The smallest absolute Gasteiger partial charge is 0.252 e. The number of hydrogen-bond acceptors (Lipinski definition) is 6. The first-order valence-electron chi connectivity index (χ1n) is 10.5. The van der Waals surface area contributed by atoms with Crippen LogP contribution in [0.5, 0.6) is 0 Å². The summed E-state index contributed by atoms with van der Waals surface area (Å²) < 4.78 is 1.26. The van der Waals surface area contributed by atoms with Crippen molar-refractivity contribution in [2.75, 3.05) is 49.9 Å². The number of amides is 1. The number of thioether (sulfide) groups is 1. The first kappa shape index (κ1) is 21.2. The van der Waals surface area contributed by atoms with Gasteiger partial charge in [0.25, 0.3) is 5.91 Å². The fourth-order valence-electron chi connectivity index (χ4n) is 3.73. The van der Waals surface area contributed by atoms with Gasteiger partial charge in [-0.1, -0.05) is 42.5 Å². The van der Waals surface area contributed by atoms with E-state index in [2.05, 4.69) is 47.2 Å². The maximum atomic E-state index is 12.6. The highest BCUT2D eigenvalue weighted by atomic mass is 32.2. The van der Waals surface area contributed by atoms with E-state index in [0.717, 1.165) is 59.6 Å². The molecule has 1 amide bonds. The lowest BCUT2D eigenvalue weighted by Gasteiger charge is -2.34. The Hall–Kier alpha value is -2.09. The van der Waals surface area contributed by atoms with E-state index in [0.29, 0.717) is 6.54 Å². The predicted octanol–water partition coefficient (Wildman–Crippen LogP) is 4.27. The fourth-order valence-corrected chi connectivity index (χ4v) is 5.63. The van der Waals surface area contributed by atoms with Crippen LogP contribution in [0.4, 0.5) is 5.13 Å². The molecule has 158 valence electrons. The molecule has 1 fully saturated rings. The Kier molecular flexibility index (Phi) is 6.92. The van der Waals surface area contributed by atoms with Gasteiger partial charge in [0.05, 0.1) is 15.8 Å². The minimum Gasteiger partial charge on any atom is -0.351 e. The lowest BCUT2D eigenvalue weighted by atomic mass is 10.2. The number of piperazine rings is 1. The number of aryl methyl sites for hydroxylation is 1. The van der Waals surface area contributed by atoms with Crippen LogP contribution in [0, 0.1) is 6.92 Å². The molecular formula is C23H28N4OS2. The third-order valence-electron chi connectivity index (χ3n) is 5.40. The van der Waals surface area contributed by atoms with Crippen LogP contribution in [-0.4, -0.2) is 60.8 Å². The van der Waals surface area contributed by atoms with Crippen LogP contribution in [-0.2, 0) is 0 Å². The molecule has 1 N–H and O–H groups in total. The number of carbonyl (C=O) groups is 1. The summed E-state index contributed by atoms with van der Waals surface area (Å²) in [5.41, 5.74) is 3.15. The number of nitrogens with zero attached hydrogens (tertiary/aromatic N) is 3. The minimum absolute atomic E-state index is 0.0232. The third kappa shape index (κ3) is 4.79. The molecule has 1 aliphatic heterocycles. The largest absolute Gasteiger partial charge is 0.351 e. The molecule has 1 aromatic heterocycles. The van der Waals surface area contributed by atoms with E-state index >= 15 is 0 Å². The first-order valence-corrected chi connectivity index (χ1v) is 12.3. The van der Waals surface area contributed by atoms with Gasteiger partial charge in [-0.05, 0) is 36.4 Å². The zero-order chi connectivity index (χ0) is 20.9. The number of para-hydroxylation sites is 1. The van der Waals surface area contributed by atoms with Crippen LogP contribution in [0.25, 0.3) is 10.2 Å². The summed E-state index contributed by atoms with van der Waals surface area (Å²) in [5, 5.41) is 4.22. The average molecular weight is 441 g/mol. The predicted molar refractivity (Wildman–Crippen MR) is 128 cm³/mol. The lowest BCUT2D eigenvalue weighted by Crippen LogP contribution is -2.48. The van der Waals surface area contributed by atoms with E-state index in [1.54, 1.807) is 23.1 Å². The topological polar surface area (TPSA) is 48.5 Å². The van der Waals surface area contributed by atoms with Crippen molar-refractivity contribution in [3.63, 3.8) is 0 Å². The Balaban J connectivity index is 1.26. The van der Waals surface area contributed by atoms with E-state index in [1.165, 1.54) is 10.3 Å². The second-order valence-electron chi connectivity index (χ2n) is 7.43. The molecule has 30 heavy (non-hydrogen) atoms. The van der Waals surface area contributed by atoms with Gasteiger partial charge in [-0.2, -0.15) is 0 Å². The second kappa shape index (κ2) is 9.81. The van der Waals surface area contributed by atoms with Crippen LogP contribution in [0.2, 0.25) is 0 Å². The standard InChI is InChI=1S/C23H28N4OS2/c1-3-29-19-9-5-4-8-18(19)22(28)24-11-12-26-13-15-27(16-14-26)23-25-21-17(2)7-6-10-20(21)30-23/h4-10H,3,11-16H2,1-2H3,(H,24,28). The van der Waals surface area contributed by atoms with Gasteiger partial charge in [0.15, 0.2) is 5.13 Å². The van der Waals surface area contributed by atoms with Crippen LogP contribution < -0.4 is 10.2 Å². The molecule has 2 aromatic carbocycles. The monoisotopic (exact) mass is 440 g/mol. The zero-order valence-corrected chi connectivity index (χ0v) is 19.2. The Morgan fingerprint density at radius 1 is 1.13 bits per heavy atom. The van der Waals surface area contributed by atoms with Crippen LogP contribution in [0.15, 0.2) is 47.4 Å². The summed E-state index contributed by atoms with van der Waals surface area (Å²) in [5.74, 6) is 0.984. The molecule has 0 atom stereocenters. The molecule has 0 spiro atoms. The normalized spacial score (nSPS) is 14.9. The van der Waals surface area contributed by atoms with E-state index in [4.69, 9.17) is 4.98 Å². The first-order chi connectivity index (χ1) is 14.7. The van der Waals surface area contributed by atoms with Gasteiger partial charge >= 0.3 is 0 Å². The Bertz CT molecular complexity index is 1010. The fraction of sp³-hybridized carbons (Fsp3) is 0.391. The van der Waals surface area contributed by atoms with Crippen LogP contribution in [0.1, 0.15) is 22.8 Å². The summed E-state index contributed by atoms with van der Waals surface area (Å²) in [6.07, 6.45) is 0. The van der Waals surface area contributed by atoms with Gasteiger partial charge in [-0.25, -0.2) is 4.98 Å². The van der Waals surface area contributed by atoms with E-state index in [-0.39, 0.29) is 5.91 Å². The summed E-state index contributed by atoms with van der Waals surface area (Å²) >= 11 is 3.49. The minimum atomic E-state index is 0.0232. The number of carbonyl (C=O) groups excluding carboxylic acids is 1. The summed E-state index contributed by atoms with van der Waals surface area (Å²) in [6, 6.07) is 14.2. The number of hydrogen-bond donors (Lipinski definition) is 1. The summed E-state index contributed by atoms with van der Waals surface area (Å²) in [7, 11) is 0. The second-order valence-corrected chi connectivity index (χ2v) is 9.75. The van der Waals surface area contributed by atoms with Gasteiger partial charge in [0.2, 0.25) is 0 Å². The van der Waals surface area contributed by atoms with Crippen molar-refractivity contribution in [3.05, 3.63) is 53.6 Å². The van der Waals surface area contributed by atoms with Gasteiger partial charge < -0.3 is 10.2 Å². The molecule has 1 aliphatic rings. The highest BCUT2D eigenvalue weighted by molar-refractivity contribution is 7.99. The number of fused-ring (bicyclic) bond motifs is 1. The molecule has 0 aliphatic carbocycles. The average Bonchev–Trinajstić information content (AvgIpc) is 3.21. The van der Waals surface area contributed by atoms with Crippen LogP contribution in [0.3, 0.4) is 0 Å². The highest BCUT2D eigenvalue weighted by Gasteiger charge is 2.20. The molecule has 0 radical (unpaired) electrons. The molecule has 0 saturated carbocycles. The van der Waals surface area contributed by atoms with E-state index in [1.807, 2.05) is 24.3 Å². The van der Waals surface area contributed by atoms with Gasteiger partial charge in [-0.3, -0.25) is 9.69 Å². The molecule has 0 bridgehead atoms. The molecule has 5 nitrogen and oxygen atoms in total. The molecule has 4 rings (SSSR count). The molecule has 2 heterocycles. The van der Waals surface area contributed by atoms with Crippen molar-refractivity contribution in [2.45, 2.75) is 18.7 Å². The molecule has 3 aromatic rings. The number of aromatic nitrogens is 1. The summed E-state index contributed by atoms with van der Waals surface area (Å²) in [4.78, 5) is 23.3. The van der Waals surface area contributed by atoms with Crippen molar-refractivity contribution >= 4 is 44.4 Å². The summed E-state index contributed by atoms with van der Waals surface area (Å²) in [6.45, 7) is 9.71. The third-order valence-corrected chi connectivity index (χ3v) is 7.43. The SMILES string of the molecule is CCSc1ccccc1C(=O)NCCN1CCN(c2nc3c(C)cccc3s2)CC1. The maximum Gasteiger partial charge on any atom is 0.252 e. The van der Waals surface area contributed by atoms with Crippen molar-refractivity contribution < 1.29 is 4.79 Å². The van der Waals surface area contributed by atoms with Crippen molar-refractivity contribution in [2.24, 2.45) is 0 Å². The maximum absolute atomic E-state index is 12.6.